The van der Waals surface area contributed by atoms with Crippen LogP contribution in [0.25, 0.3) is 0 Å². The number of benzene rings is 1. The first-order valence-corrected chi connectivity index (χ1v) is 8.54. The fourth-order valence-electron chi connectivity index (χ4n) is 2.96. The molecule has 8 heteroatoms. The number of hydrogen-bond acceptors (Lipinski definition) is 3. The Morgan fingerprint density at radius 3 is 2.44 bits per heavy atom. The fraction of sp³-hybridized carbons (Fsp3) is 0.316. The highest BCUT2D eigenvalue weighted by molar-refractivity contribution is 5.90. The maximum Gasteiger partial charge on any atom is 0.280 e. The number of halogens is 2. The number of hydrogen-bond donors (Lipinski definition) is 1. The minimum absolute atomic E-state index is 0.263. The van der Waals surface area contributed by atoms with Crippen molar-refractivity contribution in [1.29, 1.82) is 0 Å². The van der Waals surface area contributed by atoms with Gasteiger partial charge < -0.3 is 5.32 Å². The Labute approximate surface area is 155 Å². The van der Waals surface area contributed by atoms with Crippen LogP contribution in [0.3, 0.4) is 0 Å². The lowest BCUT2D eigenvalue weighted by Gasteiger charge is -2.10. The van der Waals surface area contributed by atoms with Crippen molar-refractivity contribution < 1.29 is 13.6 Å². The number of rotatable bonds is 6. The van der Waals surface area contributed by atoms with Crippen LogP contribution in [0.5, 0.6) is 0 Å². The summed E-state index contributed by atoms with van der Waals surface area (Å²) >= 11 is 0. The van der Waals surface area contributed by atoms with Crippen molar-refractivity contribution >= 4 is 11.6 Å². The first-order valence-electron chi connectivity index (χ1n) is 8.54. The predicted molar refractivity (Wildman–Crippen MR) is 97.8 cm³/mol. The van der Waals surface area contributed by atoms with E-state index in [0.29, 0.717) is 17.9 Å². The zero-order valence-corrected chi connectivity index (χ0v) is 15.4. The monoisotopic (exact) mass is 373 g/mol. The summed E-state index contributed by atoms with van der Waals surface area (Å²) in [4.78, 5) is 12.3. The Kier molecular flexibility index (Phi) is 5.34. The molecule has 1 N–H and O–H groups in total. The summed E-state index contributed by atoms with van der Waals surface area (Å²) in [5.41, 5.74) is 3.76. The fourth-order valence-corrected chi connectivity index (χ4v) is 2.96. The molecule has 3 rings (SSSR count). The Hall–Kier alpha value is -3.03. The number of anilines is 1. The first kappa shape index (κ1) is 18.8. The van der Waals surface area contributed by atoms with E-state index in [1.165, 1.54) is 6.07 Å². The third-order valence-electron chi connectivity index (χ3n) is 4.10. The van der Waals surface area contributed by atoms with Gasteiger partial charge in [0.05, 0.1) is 17.9 Å². The summed E-state index contributed by atoms with van der Waals surface area (Å²) in [5, 5.41) is 11.1. The SMILES string of the molecule is Cc1cc(C)n(Cc2cccc(NC(=O)Cn3nc(C)cc3C(F)F)c2)n1. The molecule has 0 saturated heterocycles. The number of aryl methyl sites for hydroxylation is 3. The Balaban J connectivity index is 1.69. The number of carbonyl (C=O) groups excluding carboxylic acids is 1. The van der Waals surface area contributed by atoms with Crippen molar-refractivity contribution in [1.82, 2.24) is 19.6 Å². The van der Waals surface area contributed by atoms with E-state index >= 15 is 0 Å². The largest absolute Gasteiger partial charge is 0.324 e. The standard InChI is InChI=1S/C19H21F2N5O/c1-12-7-14(3)25(23-12)10-15-5-4-6-16(9-15)22-18(27)11-26-17(19(20)21)8-13(2)24-26/h4-9,19H,10-11H2,1-3H3,(H,22,27). The summed E-state index contributed by atoms with van der Waals surface area (Å²) in [7, 11) is 0. The molecule has 1 amide bonds. The van der Waals surface area contributed by atoms with Gasteiger partial charge in [-0.3, -0.25) is 14.2 Å². The molecule has 27 heavy (non-hydrogen) atoms. The summed E-state index contributed by atoms with van der Waals surface area (Å²) in [6.45, 7) is 5.85. The van der Waals surface area contributed by atoms with Crippen LogP contribution < -0.4 is 5.32 Å². The lowest BCUT2D eigenvalue weighted by Crippen LogP contribution is -2.21. The highest BCUT2D eigenvalue weighted by Crippen LogP contribution is 2.20. The van der Waals surface area contributed by atoms with E-state index in [1.807, 2.05) is 42.8 Å². The van der Waals surface area contributed by atoms with Crippen LogP contribution >= 0.6 is 0 Å². The van der Waals surface area contributed by atoms with E-state index in [-0.39, 0.29) is 12.2 Å². The average Bonchev–Trinajstić information content (AvgIpc) is 3.09. The summed E-state index contributed by atoms with van der Waals surface area (Å²) in [6, 6.07) is 10.7. The molecule has 0 aliphatic rings. The molecule has 2 aromatic heterocycles. The molecule has 0 saturated carbocycles. The quantitative estimate of drug-likeness (QED) is 0.718. The molecule has 0 spiro atoms. The number of alkyl halides is 2. The molecule has 0 atom stereocenters. The van der Waals surface area contributed by atoms with Gasteiger partial charge in [0.15, 0.2) is 0 Å². The van der Waals surface area contributed by atoms with Gasteiger partial charge in [-0.2, -0.15) is 10.2 Å². The van der Waals surface area contributed by atoms with Crippen LogP contribution in [-0.4, -0.2) is 25.5 Å². The summed E-state index contributed by atoms with van der Waals surface area (Å²) in [5.74, 6) is -0.414. The normalized spacial score (nSPS) is 11.2. The van der Waals surface area contributed by atoms with Gasteiger partial charge in [-0.15, -0.1) is 0 Å². The second-order valence-corrected chi connectivity index (χ2v) is 6.50. The number of nitrogens with zero attached hydrogens (tertiary/aromatic N) is 4. The maximum atomic E-state index is 13.0. The van der Waals surface area contributed by atoms with Crippen LogP contribution in [0.4, 0.5) is 14.5 Å². The van der Waals surface area contributed by atoms with Gasteiger partial charge in [0.1, 0.15) is 12.2 Å². The van der Waals surface area contributed by atoms with Crippen LogP contribution in [0.15, 0.2) is 36.4 Å². The Morgan fingerprint density at radius 1 is 1.07 bits per heavy atom. The molecule has 0 aliphatic carbocycles. The highest BCUT2D eigenvalue weighted by atomic mass is 19.3. The van der Waals surface area contributed by atoms with Gasteiger partial charge in [0.2, 0.25) is 5.91 Å². The summed E-state index contributed by atoms with van der Waals surface area (Å²) in [6.07, 6.45) is -2.68. The van der Waals surface area contributed by atoms with Crippen LogP contribution in [0.2, 0.25) is 0 Å². The van der Waals surface area contributed by atoms with Gasteiger partial charge in [-0.05, 0) is 50.6 Å². The molecule has 0 radical (unpaired) electrons. The molecule has 0 bridgehead atoms. The topological polar surface area (TPSA) is 64.7 Å². The molecule has 0 fully saturated rings. The molecule has 6 nitrogen and oxygen atoms in total. The van der Waals surface area contributed by atoms with Gasteiger partial charge in [0.25, 0.3) is 6.43 Å². The van der Waals surface area contributed by atoms with Gasteiger partial charge in [0, 0.05) is 11.4 Å². The van der Waals surface area contributed by atoms with Gasteiger partial charge in [-0.25, -0.2) is 8.78 Å². The van der Waals surface area contributed by atoms with Crippen molar-refractivity contribution in [3.63, 3.8) is 0 Å². The Morgan fingerprint density at radius 2 is 1.78 bits per heavy atom. The van der Waals surface area contributed by atoms with E-state index in [1.54, 1.807) is 13.0 Å². The predicted octanol–water partition coefficient (Wildman–Crippen LogP) is 3.63. The second kappa shape index (κ2) is 7.69. The third-order valence-corrected chi connectivity index (χ3v) is 4.10. The van der Waals surface area contributed by atoms with Crippen molar-refractivity contribution in [3.8, 4) is 0 Å². The van der Waals surface area contributed by atoms with Crippen LogP contribution in [0, 0.1) is 20.8 Å². The number of nitrogens with one attached hydrogen (secondary N) is 1. The molecular formula is C19H21F2N5O. The van der Waals surface area contributed by atoms with E-state index in [0.717, 1.165) is 21.6 Å². The maximum absolute atomic E-state index is 13.0. The van der Waals surface area contributed by atoms with Crippen molar-refractivity contribution in [2.24, 2.45) is 0 Å². The van der Waals surface area contributed by atoms with Crippen LogP contribution in [-0.2, 0) is 17.9 Å². The van der Waals surface area contributed by atoms with Gasteiger partial charge >= 0.3 is 0 Å². The number of amides is 1. The van der Waals surface area contributed by atoms with Crippen molar-refractivity contribution in [2.45, 2.75) is 40.3 Å². The van der Waals surface area contributed by atoms with E-state index in [2.05, 4.69) is 15.5 Å². The van der Waals surface area contributed by atoms with E-state index in [9.17, 15) is 13.6 Å². The highest BCUT2D eigenvalue weighted by Gasteiger charge is 2.17. The number of aromatic nitrogens is 4. The lowest BCUT2D eigenvalue weighted by atomic mass is 10.2. The van der Waals surface area contributed by atoms with Crippen molar-refractivity contribution in [3.05, 3.63) is 64.7 Å². The van der Waals surface area contributed by atoms with Gasteiger partial charge in [-0.1, -0.05) is 12.1 Å². The first-order chi connectivity index (χ1) is 12.8. The number of carbonyl (C=O) groups is 1. The smallest absolute Gasteiger partial charge is 0.280 e. The zero-order valence-electron chi connectivity index (χ0n) is 15.4. The minimum atomic E-state index is -2.68. The Bertz CT molecular complexity index is 961. The molecule has 142 valence electrons. The molecule has 2 heterocycles. The van der Waals surface area contributed by atoms with E-state index < -0.39 is 12.3 Å². The zero-order chi connectivity index (χ0) is 19.6. The average molecular weight is 373 g/mol. The molecule has 3 aromatic rings. The third kappa shape index (κ3) is 4.58. The molecule has 0 aliphatic heterocycles. The molecule has 0 unspecified atom stereocenters. The van der Waals surface area contributed by atoms with Crippen LogP contribution in [0.1, 0.15) is 34.8 Å². The minimum Gasteiger partial charge on any atom is -0.324 e. The van der Waals surface area contributed by atoms with E-state index in [4.69, 9.17) is 0 Å². The summed E-state index contributed by atoms with van der Waals surface area (Å²) < 4.78 is 28.9. The molecule has 1 aromatic carbocycles. The molecular weight excluding hydrogens is 352 g/mol. The van der Waals surface area contributed by atoms with Crippen molar-refractivity contribution in [2.75, 3.05) is 5.32 Å². The lowest BCUT2D eigenvalue weighted by molar-refractivity contribution is -0.117. The second-order valence-electron chi connectivity index (χ2n) is 6.50.